The van der Waals surface area contributed by atoms with Crippen molar-refractivity contribution in [1.82, 2.24) is 10.2 Å². The van der Waals surface area contributed by atoms with Crippen LogP contribution < -0.4 is 5.32 Å². The average Bonchev–Trinajstić information content (AvgIpc) is 2.81. The maximum atomic E-state index is 11.8. The molecule has 1 N–H and O–H groups in total. The van der Waals surface area contributed by atoms with Gasteiger partial charge in [-0.25, -0.2) is 0 Å². The van der Waals surface area contributed by atoms with Gasteiger partial charge in [0, 0.05) is 19.0 Å². The Morgan fingerprint density at radius 1 is 1.06 bits per heavy atom. The van der Waals surface area contributed by atoms with E-state index in [4.69, 9.17) is 0 Å². The van der Waals surface area contributed by atoms with Gasteiger partial charge in [-0.15, -0.1) is 0 Å². The molecule has 4 nitrogen and oxygen atoms in total. The first kappa shape index (κ1) is 11.1. The molecule has 17 heavy (non-hydrogen) atoms. The van der Waals surface area contributed by atoms with Gasteiger partial charge in [0.15, 0.2) is 0 Å². The summed E-state index contributed by atoms with van der Waals surface area (Å²) in [6.07, 6.45) is 5.64. The van der Waals surface area contributed by atoms with Gasteiger partial charge in [-0.2, -0.15) is 0 Å². The van der Waals surface area contributed by atoms with Crippen LogP contribution in [0.2, 0.25) is 0 Å². The second-order valence-electron chi connectivity index (χ2n) is 5.73. The molecule has 1 heterocycles. The lowest BCUT2D eigenvalue weighted by molar-refractivity contribution is -0.133. The number of carbonyl (C=O) groups excluding carboxylic acids is 2. The van der Waals surface area contributed by atoms with Crippen LogP contribution in [0, 0.1) is 17.8 Å². The van der Waals surface area contributed by atoms with Crippen LogP contribution in [0.4, 0.5) is 0 Å². The number of carbonyl (C=O) groups is 2. The third-order valence-corrected chi connectivity index (χ3v) is 4.49. The summed E-state index contributed by atoms with van der Waals surface area (Å²) >= 11 is 0. The third kappa shape index (κ3) is 2.31. The topological polar surface area (TPSA) is 49.4 Å². The summed E-state index contributed by atoms with van der Waals surface area (Å²) in [4.78, 5) is 25.5. The largest absolute Gasteiger partial charge is 0.347 e. The van der Waals surface area contributed by atoms with E-state index in [2.05, 4.69) is 5.32 Å². The molecule has 2 atom stereocenters. The molecule has 1 saturated heterocycles. The van der Waals surface area contributed by atoms with E-state index in [1.165, 1.54) is 6.42 Å². The zero-order valence-electron chi connectivity index (χ0n) is 10.2. The lowest BCUT2D eigenvalue weighted by Gasteiger charge is -2.17. The zero-order chi connectivity index (χ0) is 11.8. The minimum absolute atomic E-state index is 0.0824. The number of fused-ring (bicyclic) bond motifs is 1. The Balaban J connectivity index is 1.41. The molecular formula is C13H20N2O2. The quantitative estimate of drug-likeness (QED) is 0.787. The van der Waals surface area contributed by atoms with Gasteiger partial charge in [0.25, 0.3) is 0 Å². The maximum absolute atomic E-state index is 11.8. The van der Waals surface area contributed by atoms with Crippen molar-refractivity contribution in [2.75, 3.05) is 19.6 Å². The summed E-state index contributed by atoms with van der Waals surface area (Å²) in [5, 5.41) is 2.81. The molecule has 2 saturated carbocycles. The molecule has 3 rings (SSSR count). The summed E-state index contributed by atoms with van der Waals surface area (Å²) in [6, 6.07) is 0. The smallest absolute Gasteiger partial charge is 0.241 e. The van der Waals surface area contributed by atoms with Crippen molar-refractivity contribution in [2.45, 2.75) is 32.1 Å². The number of hydrogen-bond donors (Lipinski definition) is 1. The molecule has 0 aromatic rings. The van der Waals surface area contributed by atoms with Gasteiger partial charge in [0.05, 0.1) is 6.54 Å². The van der Waals surface area contributed by atoms with Crippen LogP contribution in [0.5, 0.6) is 0 Å². The van der Waals surface area contributed by atoms with Crippen molar-refractivity contribution in [3.8, 4) is 0 Å². The Labute approximate surface area is 102 Å². The molecule has 2 unspecified atom stereocenters. The van der Waals surface area contributed by atoms with E-state index in [0.29, 0.717) is 0 Å². The summed E-state index contributed by atoms with van der Waals surface area (Å²) in [5.74, 6) is 2.01. The molecule has 0 aromatic carbocycles. The highest BCUT2D eigenvalue weighted by Gasteiger charge is 2.47. The highest BCUT2D eigenvalue weighted by atomic mass is 16.2. The van der Waals surface area contributed by atoms with Gasteiger partial charge in [0.2, 0.25) is 11.8 Å². The molecule has 3 aliphatic rings. The molecular weight excluding hydrogens is 216 g/mol. The summed E-state index contributed by atoms with van der Waals surface area (Å²) in [6.45, 7) is 1.93. The van der Waals surface area contributed by atoms with E-state index in [1.54, 1.807) is 0 Å². The van der Waals surface area contributed by atoms with E-state index in [1.807, 2.05) is 4.90 Å². The highest BCUT2D eigenvalue weighted by molar-refractivity contribution is 5.86. The number of nitrogens with zero attached hydrogens (tertiary/aromatic N) is 1. The lowest BCUT2D eigenvalue weighted by atomic mass is 10.0. The van der Waals surface area contributed by atoms with Gasteiger partial charge >= 0.3 is 0 Å². The van der Waals surface area contributed by atoms with Crippen molar-refractivity contribution in [3.05, 3.63) is 0 Å². The summed E-state index contributed by atoms with van der Waals surface area (Å²) in [5.41, 5.74) is 0. The maximum Gasteiger partial charge on any atom is 0.241 e. The number of nitrogens with one attached hydrogen (secondary N) is 1. The molecule has 3 fully saturated rings. The fraction of sp³-hybridized carbons (Fsp3) is 0.846. The van der Waals surface area contributed by atoms with Crippen molar-refractivity contribution >= 4 is 11.8 Å². The van der Waals surface area contributed by atoms with E-state index in [-0.39, 0.29) is 24.3 Å². The van der Waals surface area contributed by atoms with Gasteiger partial charge in [-0.1, -0.05) is 0 Å². The monoisotopic (exact) mass is 236 g/mol. The fourth-order valence-electron chi connectivity index (χ4n) is 3.31. The molecule has 2 amide bonds. The van der Waals surface area contributed by atoms with Gasteiger partial charge < -0.3 is 10.2 Å². The van der Waals surface area contributed by atoms with Crippen molar-refractivity contribution in [1.29, 1.82) is 0 Å². The van der Waals surface area contributed by atoms with Gasteiger partial charge in [-0.05, 0) is 43.9 Å². The molecule has 2 aliphatic carbocycles. The second kappa shape index (κ2) is 4.31. The SMILES string of the molecule is O=C(NCC(=O)N1CCCC1)C1CC2CC2C1. The first-order valence-corrected chi connectivity index (χ1v) is 6.79. The Kier molecular flexibility index (Phi) is 2.81. The number of amides is 2. The van der Waals surface area contributed by atoms with E-state index < -0.39 is 0 Å². The number of hydrogen-bond acceptors (Lipinski definition) is 2. The van der Waals surface area contributed by atoms with E-state index in [9.17, 15) is 9.59 Å². The van der Waals surface area contributed by atoms with Crippen molar-refractivity contribution < 1.29 is 9.59 Å². The van der Waals surface area contributed by atoms with E-state index in [0.717, 1.165) is 50.6 Å². The molecule has 1 aliphatic heterocycles. The Morgan fingerprint density at radius 2 is 1.71 bits per heavy atom. The van der Waals surface area contributed by atoms with Gasteiger partial charge in [-0.3, -0.25) is 9.59 Å². The third-order valence-electron chi connectivity index (χ3n) is 4.49. The van der Waals surface area contributed by atoms with Crippen molar-refractivity contribution in [3.63, 3.8) is 0 Å². The van der Waals surface area contributed by atoms with Crippen LogP contribution in [-0.4, -0.2) is 36.3 Å². The molecule has 0 spiro atoms. The predicted molar refractivity (Wildman–Crippen MR) is 63.1 cm³/mol. The number of likely N-dealkylation sites (tertiary alicyclic amines) is 1. The van der Waals surface area contributed by atoms with Crippen LogP contribution >= 0.6 is 0 Å². The molecule has 4 heteroatoms. The highest BCUT2D eigenvalue weighted by Crippen LogP contribution is 2.54. The minimum Gasteiger partial charge on any atom is -0.347 e. The molecule has 0 bridgehead atoms. The van der Waals surface area contributed by atoms with E-state index >= 15 is 0 Å². The number of rotatable bonds is 3. The first-order valence-electron chi connectivity index (χ1n) is 6.79. The summed E-state index contributed by atoms with van der Waals surface area (Å²) < 4.78 is 0. The van der Waals surface area contributed by atoms with Crippen LogP contribution in [0.1, 0.15) is 32.1 Å². The predicted octanol–water partition coefficient (Wildman–Crippen LogP) is 0.771. The second-order valence-corrected chi connectivity index (χ2v) is 5.73. The average molecular weight is 236 g/mol. The van der Waals surface area contributed by atoms with Crippen molar-refractivity contribution in [2.24, 2.45) is 17.8 Å². The standard InChI is InChI=1S/C13H20N2O2/c16-12(15-3-1-2-4-15)8-14-13(17)11-6-9-5-10(9)7-11/h9-11H,1-8H2,(H,14,17). The summed E-state index contributed by atoms with van der Waals surface area (Å²) in [7, 11) is 0. The normalized spacial score (nSPS) is 34.6. The van der Waals surface area contributed by atoms with Gasteiger partial charge in [0.1, 0.15) is 0 Å². The molecule has 0 radical (unpaired) electrons. The molecule has 0 aromatic heterocycles. The lowest BCUT2D eigenvalue weighted by Crippen LogP contribution is -2.40. The Hall–Kier alpha value is -1.06. The Morgan fingerprint density at radius 3 is 2.35 bits per heavy atom. The zero-order valence-corrected chi connectivity index (χ0v) is 10.2. The Bertz CT molecular complexity index is 326. The minimum atomic E-state index is 0.0824. The molecule has 94 valence electrons. The van der Waals surface area contributed by atoms with Crippen LogP contribution in [0.25, 0.3) is 0 Å². The van der Waals surface area contributed by atoms with Crippen LogP contribution in [-0.2, 0) is 9.59 Å². The van der Waals surface area contributed by atoms with Crippen LogP contribution in [0.3, 0.4) is 0 Å². The first-order chi connectivity index (χ1) is 8.24. The fourth-order valence-corrected chi connectivity index (χ4v) is 3.31. The van der Waals surface area contributed by atoms with Crippen LogP contribution in [0.15, 0.2) is 0 Å².